The number of rotatable bonds is 7. The lowest BCUT2D eigenvalue weighted by atomic mass is 9.94. The van der Waals surface area contributed by atoms with Crippen LogP contribution in [0.15, 0.2) is 23.8 Å². The summed E-state index contributed by atoms with van der Waals surface area (Å²) in [7, 11) is 1.82. The number of hydrogen-bond acceptors (Lipinski definition) is 3. The van der Waals surface area contributed by atoms with E-state index in [1.165, 1.54) is 0 Å². The molecule has 0 aliphatic heterocycles. The number of hydrogen-bond donors (Lipinski definition) is 1. The highest BCUT2D eigenvalue weighted by atomic mass is 16.5. The Morgan fingerprint density at radius 3 is 2.53 bits per heavy atom. The molecule has 0 amide bonds. The van der Waals surface area contributed by atoms with Gasteiger partial charge in [0.25, 0.3) is 0 Å². The maximum absolute atomic E-state index is 12.0. The zero-order chi connectivity index (χ0) is 13.4. The Hall–Kier alpha value is -1.09. The van der Waals surface area contributed by atoms with Gasteiger partial charge in [0.1, 0.15) is 12.6 Å². The summed E-state index contributed by atoms with van der Waals surface area (Å²) in [4.78, 5) is 12.0. The lowest BCUT2D eigenvalue weighted by Gasteiger charge is -2.23. The molecule has 0 aromatic carbocycles. The van der Waals surface area contributed by atoms with Gasteiger partial charge in [-0.25, -0.2) is 0 Å². The molecule has 19 heavy (non-hydrogen) atoms. The van der Waals surface area contributed by atoms with E-state index < -0.39 is 0 Å². The maximum Gasteiger partial charge on any atom is 0.323 e. The Labute approximate surface area is 118 Å². The Morgan fingerprint density at radius 2 is 2.05 bits per heavy atom. The predicted octanol–water partition coefficient (Wildman–Crippen LogP) is 3.47. The van der Waals surface area contributed by atoms with Crippen molar-refractivity contribution in [2.45, 2.75) is 53.0 Å². The van der Waals surface area contributed by atoms with Crippen molar-refractivity contribution in [1.29, 1.82) is 0 Å². The molecule has 3 nitrogen and oxygen atoms in total. The molecular formula is C16H29NO2. The van der Waals surface area contributed by atoms with Crippen molar-refractivity contribution in [3.8, 4) is 0 Å². The standard InChI is InChI=1S/C15H25NO2.CH4/c1-4-13(5-2)14(16-3)15(17)18-11-12-9-7-6-8-10-12;/h7,9-10,13-14,16H,4-6,8,11H2,1-3H3;1H4/t14-;/m0./s1. The van der Waals surface area contributed by atoms with Crippen molar-refractivity contribution in [1.82, 2.24) is 5.32 Å². The Kier molecular flexibility index (Phi) is 9.23. The fourth-order valence-corrected chi connectivity index (χ4v) is 2.33. The van der Waals surface area contributed by atoms with Crippen molar-refractivity contribution in [3.05, 3.63) is 23.8 Å². The maximum atomic E-state index is 12.0. The second kappa shape index (κ2) is 9.79. The van der Waals surface area contributed by atoms with Crippen LogP contribution in [0.5, 0.6) is 0 Å². The highest BCUT2D eigenvalue weighted by Gasteiger charge is 2.25. The number of carbonyl (C=O) groups excluding carboxylic acids is 1. The van der Waals surface area contributed by atoms with Crippen molar-refractivity contribution < 1.29 is 9.53 Å². The van der Waals surface area contributed by atoms with Gasteiger partial charge >= 0.3 is 5.97 Å². The zero-order valence-electron chi connectivity index (χ0n) is 11.7. The third kappa shape index (κ3) is 5.60. The van der Waals surface area contributed by atoms with Gasteiger partial charge in [-0.3, -0.25) is 4.79 Å². The van der Waals surface area contributed by atoms with Crippen LogP contribution in [-0.2, 0) is 9.53 Å². The molecule has 0 saturated heterocycles. The van der Waals surface area contributed by atoms with Gasteiger partial charge in [0.15, 0.2) is 0 Å². The highest BCUT2D eigenvalue weighted by Crippen LogP contribution is 2.15. The smallest absolute Gasteiger partial charge is 0.323 e. The zero-order valence-corrected chi connectivity index (χ0v) is 11.7. The third-order valence-electron chi connectivity index (χ3n) is 3.54. The van der Waals surface area contributed by atoms with E-state index >= 15 is 0 Å². The molecule has 0 aromatic heterocycles. The van der Waals surface area contributed by atoms with Crippen molar-refractivity contribution in [3.63, 3.8) is 0 Å². The number of allylic oxidation sites excluding steroid dienone is 2. The Bertz CT molecular complexity index is 317. The van der Waals surface area contributed by atoms with Crippen LogP contribution in [0.3, 0.4) is 0 Å². The first-order valence-corrected chi connectivity index (χ1v) is 6.92. The van der Waals surface area contributed by atoms with Crippen molar-refractivity contribution in [2.75, 3.05) is 13.7 Å². The summed E-state index contributed by atoms with van der Waals surface area (Å²) in [6.07, 6.45) is 10.4. The largest absolute Gasteiger partial charge is 0.460 e. The Morgan fingerprint density at radius 1 is 1.37 bits per heavy atom. The van der Waals surface area contributed by atoms with Gasteiger partial charge in [-0.15, -0.1) is 0 Å². The van der Waals surface area contributed by atoms with Gasteiger partial charge in [0.2, 0.25) is 0 Å². The highest BCUT2D eigenvalue weighted by molar-refractivity contribution is 5.76. The molecule has 1 aliphatic rings. The summed E-state index contributed by atoms with van der Waals surface area (Å²) in [5.74, 6) is 0.212. The normalized spacial score (nSPS) is 15.7. The second-order valence-corrected chi connectivity index (χ2v) is 4.71. The van der Waals surface area contributed by atoms with Crippen LogP contribution in [0.4, 0.5) is 0 Å². The van der Waals surface area contributed by atoms with Gasteiger partial charge in [-0.05, 0) is 31.4 Å². The van der Waals surface area contributed by atoms with E-state index in [-0.39, 0.29) is 19.4 Å². The van der Waals surface area contributed by atoms with E-state index in [1.807, 2.05) is 13.1 Å². The van der Waals surface area contributed by atoms with Gasteiger partial charge in [0, 0.05) is 0 Å². The molecule has 0 radical (unpaired) electrons. The van der Waals surface area contributed by atoms with Crippen LogP contribution in [0.2, 0.25) is 0 Å². The molecule has 0 saturated carbocycles. The minimum absolute atomic E-state index is 0. The average molecular weight is 267 g/mol. The first-order chi connectivity index (χ1) is 8.72. The van der Waals surface area contributed by atoms with E-state index in [4.69, 9.17) is 4.74 Å². The fraction of sp³-hybridized carbons (Fsp3) is 0.688. The predicted molar refractivity (Wildman–Crippen MR) is 81.1 cm³/mol. The summed E-state index contributed by atoms with van der Waals surface area (Å²) in [6, 6.07) is -0.187. The second-order valence-electron chi connectivity index (χ2n) is 4.71. The molecular weight excluding hydrogens is 238 g/mol. The molecule has 0 aromatic rings. The summed E-state index contributed by atoms with van der Waals surface area (Å²) < 4.78 is 5.40. The Balaban J connectivity index is 0.00000324. The molecule has 1 atom stereocenters. The van der Waals surface area contributed by atoms with E-state index in [1.54, 1.807) is 0 Å². The molecule has 0 spiro atoms. The molecule has 3 heteroatoms. The molecule has 1 N–H and O–H groups in total. The van der Waals surface area contributed by atoms with Gasteiger partial charge in [-0.2, -0.15) is 0 Å². The molecule has 0 fully saturated rings. The first kappa shape index (κ1) is 17.9. The molecule has 0 bridgehead atoms. The van der Waals surface area contributed by atoms with E-state index in [0.29, 0.717) is 12.5 Å². The summed E-state index contributed by atoms with van der Waals surface area (Å²) >= 11 is 0. The lowest BCUT2D eigenvalue weighted by Crippen LogP contribution is -2.41. The number of nitrogens with one attached hydrogen (secondary N) is 1. The summed E-state index contributed by atoms with van der Waals surface area (Å²) in [5, 5.41) is 3.08. The summed E-state index contributed by atoms with van der Waals surface area (Å²) in [6.45, 7) is 4.62. The molecule has 1 rings (SSSR count). The van der Waals surface area contributed by atoms with Crippen molar-refractivity contribution in [2.24, 2.45) is 5.92 Å². The van der Waals surface area contributed by atoms with E-state index in [0.717, 1.165) is 31.3 Å². The SMILES string of the molecule is C.CCC(CC)[C@H](NC)C(=O)OCC1=CCCC=C1. The molecule has 0 unspecified atom stereocenters. The summed E-state index contributed by atoms with van der Waals surface area (Å²) in [5.41, 5.74) is 1.11. The van der Waals surface area contributed by atoms with E-state index in [9.17, 15) is 4.79 Å². The minimum Gasteiger partial charge on any atom is -0.460 e. The van der Waals surface area contributed by atoms with Crippen LogP contribution < -0.4 is 5.32 Å². The molecule has 0 heterocycles. The van der Waals surface area contributed by atoms with Crippen LogP contribution in [0.25, 0.3) is 0 Å². The van der Waals surface area contributed by atoms with Crippen LogP contribution in [0, 0.1) is 5.92 Å². The monoisotopic (exact) mass is 267 g/mol. The van der Waals surface area contributed by atoms with Crippen molar-refractivity contribution >= 4 is 5.97 Å². The van der Waals surface area contributed by atoms with Gasteiger partial charge in [0.05, 0.1) is 0 Å². The number of esters is 1. The van der Waals surface area contributed by atoms with Gasteiger partial charge < -0.3 is 10.1 Å². The lowest BCUT2D eigenvalue weighted by molar-refractivity contribution is -0.146. The number of likely N-dealkylation sites (N-methyl/N-ethyl adjacent to an activating group) is 1. The van der Waals surface area contributed by atoms with Gasteiger partial charge in [-0.1, -0.05) is 52.3 Å². The van der Waals surface area contributed by atoms with E-state index in [2.05, 4.69) is 31.3 Å². The fourth-order valence-electron chi connectivity index (χ4n) is 2.33. The molecule has 110 valence electrons. The average Bonchev–Trinajstić information content (AvgIpc) is 2.43. The molecule has 1 aliphatic carbocycles. The first-order valence-electron chi connectivity index (χ1n) is 6.92. The quantitative estimate of drug-likeness (QED) is 0.718. The minimum atomic E-state index is -0.187. The van der Waals surface area contributed by atoms with Crippen LogP contribution >= 0.6 is 0 Å². The van der Waals surface area contributed by atoms with Crippen LogP contribution in [-0.4, -0.2) is 25.7 Å². The topological polar surface area (TPSA) is 38.3 Å². The third-order valence-corrected chi connectivity index (χ3v) is 3.54. The number of carbonyl (C=O) groups is 1. The number of ether oxygens (including phenoxy) is 1. The van der Waals surface area contributed by atoms with Crippen LogP contribution in [0.1, 0.15) is 47.0 Å².